The summed E-state index contributed by atoms with van der Waals surface area (Å²) in [6.07, 6.45) is 2.18. The van der Waals surface area contributed by atoms with E-state index < -0.39 is 10.8 Å². The Labute approximate surface area is 173 Å². The van der Waals surface area contributed by atoms with Crippen LogP contribution in [0.25, 0.3) is 0 Å². The Kier molecular flexibility index (Phi) is 6.24. The van der Waals surface area contributed by atoms with E-state index in [0.29, 0.717) is 11.4 Å². The number of hydrogen-bond acceptors (Lipinski definition) is 7. The number of fused-ring (bicyclic) bond motifs is 1. The van der Waals surface area contributed by atoms with Crippen molar-refractivity contribution in [1.29, 1.82) is 0 Å². The lowest BCUT2D eigenvalue weighted by molar-refractivity contribution is -0.126. The number of thioether (sulfide) groups is 1. The summed E-state index contributed by atoms with van der Waals surface area (Å²) in [5.41, 5.74) is 0.383. The Morgan fingerprint density at radius 1 is 1.36 bits per heavy atom. The van der Waals surface area contributed by atoms with Gasteiger partial charge in [0.05, 0.1) is 16.6 Å². The molecule has 150 valence electrons. The van der Waals surface area contributed by atoms with E-state index in [-0.39, 0.29) is 11.8 Å². The second-order valence-corrected chi connectivity index (χ2v) is 9.68. The van der Waals surface area contributed by atoms with Crippen LogP contribution in [0.1, 0.15) is 40.5 Å². The minimum Gasteiger partial charge on any atom is -0.360 e. The summed E-state index contributed by atoms with van der Waals surface area (Å²) < 4.78 is 0.729. The van der Waals surface area contributed by atoms with E-state index in [1.54, 1.807) is 24.8 Å². The number of para-hydroxylation sites is 2. The zero-order chi connectivity index (χ0) is 20.3. The fourth-order valence-electron chi connectivity index (χ4n) is 2.93. The third-order valence-corrected chi connectivity index (χ3v) is 6.62. The summed E-state index contributed by atoms with van der Waals surface area (Å²) in [6.45, 7) is 8.35. The molecule has 1 aromatic heterocycles. The number of carbonyl (C=O) groups is 2. The molecule has 2 amide bonds. The first-order valence-corrected chi connectivity index (χ1v) is 11.0. The number of aromatic nitrogens is 2. The van der Waals surface area contributed by atoms with Gasteiger partial charge >= 0.3 is 0 Å². The fourth-order valence-corrected chi connectivity index (χ4v) is 4.89. The van der Waals surface area contributed by atoms with Crippen molar-refractivity contribution in [2.75, 3.05) is 22.1 Å². The van der Waals surface area contributed by atoms with Gasteiger partial charge in [0, 0.05) is 6.54 Å². The van der Waals surface area contributed by atoms with E-state index in [1.807, 2.05) is 25.1 Å². The van der Waals surface area contributed by atoms with Gasteiger partial charge in [-0.3, -0.25) is 14.5 Å². The normalized spacial score (nSPS) is 16.3. The molecule has 2 heterocycles. The van der Waals surface area contributed by atoms with Crippen LogP contribution >= 0.6 is 23.1 Å². The highest BCUT2D eigenvalue weighted by atomic mass is 32.2. The third-order valence-electron chi connectivity index (χ3n) is 4.57. The van der Waals surface area contributed by atoms with E-state index in [4.69, 9.17) is 0 Å². The van der Waals surface area contributed by atoms with Gasteiger partial charge in [-0.2, -0.15) is 0 Å². The number of benzene rings is 1. The second-order valence-electron chi connectivity index (χ2n) is 7.12. The Balaban J connectivity index is 1.76. The lowest BCUT2D eigenvalue weighted by Crippen LogP contribution is -2.60. The van der Waals surface area contributed by atoms with Crippen LogP contribution in [-0.2, 0) is 9.59 Å². The zero-order valence-corrected chi connectivity index (χ0v) is 18.1. The van der Waals surface area contributed by atoms with Crippen LogP contribution in [0.3, 0.4) is 0 Å². The predicted octanol–water partition coefficient (Wildman–Crippen LogP) is 3.99. The largest absolute Gasteiger partial charge is 0.360 e. The van der Waals surface area contributed by atoms with Gasteiger partial charge in [0.25, 0.3) is 0 Å². The summed E-state index contributed by atoms with van der Waals surface area (Å²) in [6, 6.07) is 7.36. The Bertz CT molecular complexity index is 868. The number of carbonyl (C=O) groups excluding carboxylic acids is 2. The molecule has 3 rings (SSSR count). The molecule has 1 aliphatic heterocycles. The third kappa shape index (κ3) is 4.15. The number of rotatable bonds is 7. The molecule has 28 heavy (non-hydrogen) atoms. The van der Waals surface area contributed by atoms with Crippen LogP contribution in [-0.4, -0.2) is 39.3 Å². The first-order chi connectivity index (χ1) is 13.3. The predicted molar refractivity (Wildman–Crippen MR) is 115 cm³/mol. The summed E-state index contributed by atoms with van der Waals surface area (Å²) in [7, 11) is 0. The lowest BCUT2D eigenvalue weighted by Gasteiger charge is -2.42. The smallest absolute Gasteiger partial charge is 0.250 e. The van der Waals surface area contributed by atoms with Crippen LogP contribution in [0, 0.1) is 0 Å². The summed E-state index contributed by atoms with van der Waals surface area (Å²) in [5, 5.41) is 14.8. The number of unbranched alkanes of at least 4 members (excludes halogenated alkanes) is 1. The molecule has 0 bridgehead atoms. The topological polar surface area (TPSA) is 87.2 Å². The van der Waals surface area contributed by atoms with E-state index in [1.165, 1.54) is 23.1 Å². The molecule has 0 saturated carbocycles. The number of amides is 2. The van der Waals surface area contributed by atoms with Crippen molar-refractivity contribution in [1.82, 2.24) is 10.2 Å². The van der Waals surface area contributed by atoms with Crippen molar-refractivity contribution in [3.05, 3.63) is 24.3 Å². The van der Waals surface area contributed by atoms with Crippen molar-refractivity contribution in [2.24, 2.45) is 0 Å². The molecular weight excluding hydrogens is 394 g/mol. The van der Waals surface area contributed by atoms with Crippen LogP contribution in [0.2, 0.25) is 0 Å². The van der Waals surface area contributed by atoms with Gasteiger partial charge in [-0.15, -0.1) is 10.2 Å². The number of anilines is 3. The van der Waals surface area contributed by atoms with Gasteiger partial charge in [-0.1, -0.05) is 48.6 Å². The van der Waals surface area contributed by atoms with Crippen molar-refractivity contribution >= 4 is 51.4 Å². The molecule has 0 unspecified atom stereocenters. The molecule has 2 aromatic rings. The molecule has 0 fully saturated rings. The SMILES string of the molecule is CCCCNc1nnc(S[C@@H](C)C(=O)N2c3ccccc3NC(=O)C2(C)C)s1. The van der Waals surface area contributed by atoms with Crippen LogP contribution in [0.4, 0.5) is 16.5 Å². The molecule has 0 aliphatic carbocycles. The van der Waals surface area contributed by atoms with Gasteiger partial charge in [0.2, 0.25) is 16.9 Å². The molecule has 7 nitrogen and oxygen atoms in total. The van der Waals surface area contributed by atoms with Crippen LogP contribution in [0.15, 0.2) is 28.6 Å². The number of hydrogen-bond donors (Lipinski definition) is 2. The quantitative estimate of drug-likeness (QED) is 0.521. The lowest BCUT2D eigenvalue weighted by atomic mass is 9.96. The van der Waals surface area contributed by atoms with Crippen molar-refractivity contribution in [2.45, 2.75) is 55.7 Å². The maximum Gasteiger partial charge on any atom is 0.250 e. The average molecular weight is 420 g/mol. The summed E-state index contributed by atoms with van der Waals surface area (Å²) in [5.74, 6) is -0.330. The van der Waals surface area contributed by atoms with Crippen molar-refractivity contribution in [3.8, 4) is 0 Å². The van der Waals surface area contributed by atoms with Crippen molar-refractivity contribution < 1.29 is 9.59 Å². The molecule has 0 radical (unpaired) electrons. The van der Waals surface area contributed by atoms with Gasteiger partial charge in [0.15, 0.2) is 4.34 Å². The summed E-state index contributed by atoms with van der Waals surface area (Å²) >= 11 is 2.81. The molecule has 1 aliphatic rings. The van der Waals surface area contributed by atoms with E-state index in [0.717, 1.165) is 28.9 Å². The first-order valence-electron chi connectivity index (χ1n) is 9.33. The highest BCUT2D eigenvalue weighted by Gasteiger charge is 2.44. The van der Waals surface area contributed by atoms with Gasteiger partial charge < -0.3 is 10.6 Å². The van der Waals surface area contributed by atoms with Crippen molar-refractivity contribution in [3.63, 3.8) is 0 Å². The zero-order valence-electron chi connectivity index (χ0n) is 16.5. The van der Waals surface area contributed by atoms with Crippen LogP contribution in [0.5, 0.6) is 0 Å². The molecule has 1 aromatic carbocycles. The number of nitrogens with zero attached hydrogens (tertiary/aromatic N) is 3. The van der Waals surface area contributed by atoms with Crippen LogP contribution < -0.4 is 15.5 Å². The standard InChI is InChI=1S/C19H25N5O2S2/c1-5-6-11-20-17-22-23-18(28-17)27-12(2)15(25)24-14-10-8-7-9-13(14)21-16(26)19(24,3)4/h7-10,12H,5-6,11H2,1-4H3,(H,20,22)(H,21,26)/t12-/m0/s1. The Hall–Kier alpha value is -2.13. The Morgan fingerprint density at radius 2 is 2.11 bits per heavy atom. The molecule has 2 N–H and O–H groups in total. The fraction of sp³-hybridized carbons (Fsp3) is 0.474. The maximum absolute atomic E-state index is 13.3. The monoisotopic (exact) mass is 419 g/mol. The van der Waals surface area contributed by atoms with E-state index in [2.05, 4.69) is 27.8 Å². The minimum absolute atomic E-state index is 0.131. The van der Waals surface area contributed by atoms with E-state index in [9.17, 15) is 9.59 Å². The highest BCUT2D eigenvalue weighted by Crippen LogP contribution is 2.39. The van der Waals surface area contributed by atoms with Gasteiger partial charge in [0.1, 0.15) is 5.54 Å². The van der Waals surface area contributed by atoms with Gasteiger partial charge in [-0.25, -0.2) is 0 Å². The molecule has 0 spiro atoms. The molecule has 1 atom stereocenters. The molecule has 0 saturated heterocycles. The average Bonchev–Trinajstić information content (AvgIpc) is 3.09. The van der Waals surface area contributed by atoms with E-state index >= 15 is 0 Å². The molecule has 9 heteroatoms. The number of nitrogens with one attached hydrogen (secondary N) is 2. The Morgan fingerprint density at radius 3 is 2.86 bits per heavy atom. The maximum atomic E-state index is 13.3. The summed E-state index contributed by atoms with van der Waals surface area (Å²) in [4.78, 5) is 27.5. The first kappa shape index (κ1) is 20.6. The van der Waals surface area contributed by atoms with Gasteiger partial charge in [-0.05, 0) is 39.3 Å². The highest BCUT2D eigenvalue weighted by molar-refractivity contribution is 8.02. The molecular formula is C19H25N5O2S2. The second kappa shape index (κ2) is 8.48. The minimum atomic E-state index is -0.978.